The summed E-state index contributed by atoms with van der Waals surface area (Å²) in [5, 5.41) is 7.65. The lowest BCUT2D eigenvalue weighted by Crippen LogP contribution is -2.39. The van der Waals surface area contributed by atoms with Gasteiger partial charge in [0, 0.05) is 12.6 Å². The summed E-state index contributed by atoms with van der Waals surface area (Å²) in [6.45, 7) is 0.861. The summed E-state index contributed by atoms with van der Waals surface area (Å²) >= 11 is 0. The number of rotatable bonds is 1. The van der Waals surface area contributed by atoms with Gasteiger partial charge in [0.1, 0.15) is 5.82 Å². The summed E-state index contributed by atoms with van der Waals surface area (Å²) in [7, 11) is 0. The first-order valence-corrected chi connectivity index (χ1v) is 6.66. The Morgan fingerprint density at radius 3 is 2.83 bits per heavy atom. The average molecular weight is 246 g/mol. The van der Waals surface area contributed by atoms with Crippen LogP contribution in [0.2, 0.25) is 0 Å². The quantitative estimate of drug-likeness (QED) is 0.814. The molecule has 0 aromatic carbocycles. The van der Waals surface area contributed by atoms with Crippen LogP contribution in [0, 0.1) is 5.92 Å². The Labute approximate surface area is 106 Å². The average Bonchev–Trinajstić information content (AvgIpc) is 2.82. The van der Waals surface area contributed by atoms with Crippen molar-refractivity contribution in [2.24, 2.45) is 5.92 Å². The minimum Gasteiger partial charge on any atom is -0.382 e. The van der Waals surface area contributed by atoms with E-state index in [1.54, 1.807) is 12.1 Å². The molecule has 2 unspecified atom stereocenters. The third-order valence-electron chi connectivity index (χ3n) is 4.18. The van der Waals surface area contributed by atoms with Crippen molar-refractivity contribution < 1.29 is 4.79 Å². The predicted octanol–water partition coefficient (Wildman–Crippen LogP) is 1.46. The zero-order valence-electron chi connectivity index (χ0n) is 10.4. The van der Waals surface area contributed by atoms with Crippen LogP contribution in [0.25, 0.3) is 0 Å². The van der Waals surface area contributed by atoms with Gasteiger partial charge in [-0.05, 0) is 37.3 Å². The number of carbonyl (C=O) groups is 1. The lowest BCUT2D eigenvalue weighted by atomic mass is 9.85. The van der Waals surface area contributed by atoms with Crippen LogP contribution in [0.5, 0.6) is 0 Å². The van der Waals surface area contributed by atoms with E-state index in [1.807, 2.05) is 4.90 Å². The number of nitrogens with two attached hydrogens (primary N) is 1. The zero-order chi connectivity index (χ0) is 12.5. The summed E-state index contributed by atoms with van der Waals surface area (Å²) in [5.41, 5.74) is 5.90. The van der Waals surface area contributed by atoms with Gasteiger partial charge in [-0.3, -0.25) is 4.79 Å². The highest BCUT2D eigenvalue weighted by atomic mass is 16.2. The molecule has 1 aliphatic heterocycles. The first-order chi connectivity index (χ1) is 8.75. The third kappa shape index (κ3) is 1.94. The van der Waals surface area contributed by atoms with Gasteiger partial charge in [-0.1, -0.05) is 12.8 Å². The normalized spacial score (nSPS) is 27.0. The van der Waals surface area contributed by atoms with Gasteiger partial charge in [0.2, 0.25) is 0 Å². The number of nitrogens with zero attached hydrogens (tertiary/aromatic N) is 3. The summed E-state index contributed by atoms with van der Waals surface area (Å²) in [6.07, 6.45) is 6.09. The second-order valence-electron chi connectivity index (χ2n) is 5.24. The molecular formula is C13H18N4O. The first kappa shape index (κ1) is 11.4. The summed E-state index contributed by atoms with van der Waals surface area (Å²) in [5.74, 6) is 1.06. The summed E-state index contributed by atoms with van der Waals surface area (Å²) in [4.78, 5) is 14.4. The van der Waals surface area contributed by atoms with Crippen molar-refractivity contribution in [1.29, 1.82) is 0 Å². The van der Waals surface area contributed by atoms with E-state index in [1.165, 1.54) is 19.3 Å². The molecule has 0 radical (unpaired) electrons. The molecule has 96 valence electrons. The molecule has 0 spiro atoms. The van der Waals surface area contributed by atoms with Gasteiger partial charge >= 0.3 is 0 Å². The number of fused-ring (bicyclic) bond motifs is 1. The molecule has 5 heteroatoms. The van der Waals surface area contributed by atoms with Gasteiger partial charge in [-0.2, -0.15) is 0 Å². The maximum absolute atomic E-state index is 12.4. The van der Waals surface area contributed by atoms with E-state index in [-0.39, 0.29) is 5.91 Å². The van der Waals surface area contributed by atoms with E-state index >= 15 is 0 Å². The van der Waals surface area contributed by atoms with Gasteiger partial charge < -0.3 is 10.6 Å². The minimum absolute atomic E-state index is 0.0110. The van der Waals surface area contributed by atoms with Crippen molar-refractivity contribution in [3.63, 3.8) is 0 Å². The molecule has 0 bridgehead atoms. The number of hydrogen-bond donors (Lipinski definition) is 1. The van der Waals surface area contributed by atoms with Crippen molar-refractivity contribution in [3.05, 3.63) is 17.8 Å². The molecule has 1 saturated carbocycles. The van der Waals surface area contributed by atoms with Crippen LogP contribution in [0.1, 0.15) is 42.6 Å². The standard InChI is InChI=1S/C13H18N4O/c14-12-6-5-10(15-16-12)13(18)17-8-7-9-3-1-2-4-11(9)17/h5-6,9,11H,1-4,7-8H2,(H2,14,16). The highest BCUT2D eigenvalue weighted by Crippen LogP contribution is 2.36. The molecule has 2 fully saturated rings. The second kappa shape index (κ2) is 4.55. The number of aromatic nitrogens is 2. The largest absolute Gasteiger partial charge is 0.382 e. The summed E-state index contributed by atoms with van der Waals surface area (Å²) in [6, 6.07) is 3.72. The lowest BCUT2D eigenvalue weighted by molar-refractivity contribution is 0.0683. The molecule has 2 N–H and O–H groups in total. The highest BCUT2D eigenvalue weighted by Gasteiger charge is 2.38. The maximum Gasteiger partial charge on any atom is 0.274 e. The van der Waals surface area contributed by atoms with Crippen LogP contribution in [0.4, 0.5) is 5.82 Å². The Morgan fingerprint density at radius 2 is 2.06 bits per heavy atom. The number of nitrogen functional groups attached to an aromatic ring is 1. The Hall–Kier alpha value is -1.65. The number of hydrogen-bond acceptors (Lipinski definition) is 4. The molecule has 5 nitrogen and oxygen atoms in total. The SMILES string of the molecule is Nc1ccc(C(=O)N2CCC3CCCCC32)nn1. The maximum atomic E-state index is 12.4. The van der Waals surface area contributed by atoms with Crippen LogP contribution in [-0.2, 0) is 0 Å². The van der Waals surface area contributed by atoms with Crippen LogP contribution in [0.15, 0.2) is 12.1 Å². The number of carbonyl (C=O) groups excluding carboxylic acids is 1. The molecule has 2 heterocycles. The van der Waals surface area contributed by atoms with Gasteiger partial charge in [0.25, 0.3) is 5.91 Å². The van der Waals surface area contributed by atoms with E-state index in [4.69, 9.17) is 5.73 Å². The van der Waals surface area contributed by atoms with E-state index in [0.29, 0.717) is 23.5 Å². The van der Waals surface area contributed by atoms with Crippen molar-refractivity contribution in [2.45, 2.75) is 38.1 Å². The first-order valence-electron chi connectivity index (χ1n) is 6.66. The number of amides is 1. The number of anilines is 1. The Morgan fingerprint density at radius 1 is 1.22 bits per heavy atom. The topological polar surface area (TPSA) is 72.1 Å². The molecule has 1 amide bonds. The van der Waals surface area contributed by atoms with E-state index in [2.05, 4.69) is 10.2 Å². The van der Waals surface area contributed by atoms with Crippen LogP contribution < -0.4 is 5.73 Å². The molecular weight excluding hydrogens is 228 g/mol. The zero-order valence-corrected chi connectivity index (χ0v) is 10.4. The Kier molecular flexibility index (Phi) is 2.89. The fraction of sp³-hybridized carbons (Fsp3) is 0.615. The second-order valence-corrected chi connectivity index (χ2v) is 5.24. The van der Waals surface area contributed by atoms with E-state index in [9.17, 15) is 4.79 Å². The molecule has 2 atom stereocenters. The van der Waals surface area contributed by atoms with Gasteiger partial charge in [-0.25, -0.2) is 0 Å². The number of likely N-dealkylation sites (tertiary alicyclic amines) is 1. The molecule has 2 aliphatic rings. The monoisotopic (exact) mass is 246 g/mol. The fourth-order valence-electron chi connectivity index (χ4n) is 3.26. The predicted molar refractivity (Wildman–Crippen MR) is 67.8 cm³/mol. The third-order valence-corrected chi connectivity index (χ3v) is 4.18. The van der Waals surface area contributed by atoms with Crippen LogP contribution in [0.3, 0.4) is 0 Å². The van der Waals surface area contributed by atoms with Gasteiger partial charge in [-0.15, -0.1) is 10.2 Å². The summed E-state index contributed by atoms with van der Waals surface area (Å²) < 4.78 is 0. The van der Waals surface area contributed by atoms with Crippen LogP contribution in [-0.4, -0.2) is 33.6 Å². The van der Waals surface area contributed by atoms with Crippen molar-refractivity contribution in [3.8, 4) is 0 Å². The van der Waals surface area contributed by atoms with Gasteiger partial charge in [0.05, 0.1) is 0 Å². The molecule has 3 rings (SSSR count). The molecule has 1 aromatic rings. The van der Waals surface area contributed by atoms with Crippen molar-refractivity contribution in [2.75, 3.05) is 12.3 Å². The minimum atomic E-state index is 0.0110. The fourth-order valence-corrected chi connectivity index (χ4v) is 3.26. The molecule has 18 heavy (non-hydrogen) atoms. The Bertz CT molecular complexity index is 445. The Balaban J connectivity index is 1.78. The van der Waals surface area contributed by atoms with E-state index < -0.39 is 0 Å². The van der Waals surface area contributed by atoms with Crippen molar-refractivity contribution in [1.82, 2.24) is 15.1 Å². The highest BCUT2D eigenvalue weighted by molar-refractivity contribution is 5.92. The van der Waals surface area contributed by atoms with Crippen molar-refractivity contribution >= 4 is 11.7 Å². The molecule has 1 saturated heterocycles. The van der Waals surface area contributed by atoms with E-state index in [0.717, 1.165) is 19.4 Å². The van der Waals surface area contributed by atoms with Crippen LogP contribution >= 0.6 is 0 Å². The molecule has 1 aliphatic carbocycles. The lowest BCUT2D eigenvalue weighted by Gasteiger charge is -2.31. The molecule has 1 aromatic heterocycles. The smallest absolute Gasteiger partial charge is 0.274 e. The van der Waals surface area contributed by atoms with Gasteiger partial charge in [0.15, 0.2) is 5.69 Å².